The van der Waals surface area contributed by atoms with Gasteiger partial charge in [-0.3, -0.25) is 14.5 Å². The molecule has 0 bridgehead atoms. The number of Topliss-reactive ketones (excluding diaryl/α,β-unsaturated/α-hetero) is 1. The van der Waals surface area contributed by atoms with Crippen LogP contribution in [0.4, 0.5) is 11.4 Å². The van der Waals surface area contributed by atoms with Crippen LogP contribution in [0.5, 0.6) is 0 Å². The summed E-state index contributed by atoms with van der Waals surface area (Å²) in [6.07, 6.45) is 1.51. The van der Waals surface area contributed by atoms with Gasteiger partial charge in [-0.05, 0) is 50.5 Å². The molecule has 2 heterocycles. The van der Waals surface area contributed by atoms with Crippen molar-refractivity contribution in [2.45, 2.75) is 38.5 Å². The highest BCUT2D eigenvalue weighted by atomic mass is 35.5. The largest absolute Gasteiger partial charge is 0.384 e. The molecule has 2 aromatic carbocycles. The second-order valence-corrected chi connectivity index (χ2v) is 8.85. The number of hydrogen-bond acceptors (Lipinski definition) is 5. The number of anilines is 2. The summed E-state index contributed by atoms with van der Waals surface area (Å²) in [5.41, 5.74) is 9.79. The Kier molecular flexibility index (Phi) is 4.44. The van der Waals surface area contributed by atoms with Gasteiger partial charge in [-0.1, -0.05) is 35.4 Å². The molecule has 1 atom stereocenters. The zero-order chi connectivity index (χ0) is 22.8. The van der Waals surface area contributed by atoms with Gasteiger partial charge in [0.1, 0.15) is 17.3 Å². The number of fused-ring (bicyclic) bond motifs is 3. The summed E-state index contributed by atoms with van der Waals surface area (Å²) >= 11 is 6.39. The van der Waals surface area contributed by atoms with E-state index >= 15 is 0 Å². The number of halogens is 1. The molecule has 160 valence electrons. The number of hydrogen-bond donors (Lipinski definition) is 2. The highest BCUT2D eigenvalue weighted by Gasteiger charge is 2.60. The van der Waals surface area contributed by atoms with Gasteiger partial charge in [0.25, 0.3) is 0 Å². The molecule has 5 rings (SSSR count). The van der Waals surface area contributed by atoms with Gasteiger partial charge in [0.2, 0.25) is 5.91 Å². The van der Waals surface area contributed by atoms with Crippen molar-refractivity contribution in [1.29, 1.82) is 5.26 Å². The number of nitrogens with zero attached hydrogens (tertiary/aromatic N) is 2. The Morgan fingerprint density at radius 3 is 2.72 bits per heavy atom. The minimum Gasteiger partial charge on any atom is -0.384 e. The number of benzene rings is 2. The summed E-state index contributed by atoms with van der Waals surface area (Å²) in [6, 6.07) is 13.2. The van der Waals surface area contributed by atoms with E-state index in [0.717, 1.165) is 11.1 Å². The molecule has 0 radical (unpaired) electrons. The van der Waals surface area contributed by atoms with Crippen LogP contribution < -0.4 is 16.0 Å². The number of carbonyl (C=O) groups is 2. The van der Waals surface area contributed by atoms with Gasteiger partial charge in [-0.2, -0.15) is 5.26 Å². The monoisotopic (exact) mass is 444 g/mol. The maximum atomic E-state index is 13.6. The number of rotatable bonds is 1. The number of nitriles is 1. The fourth-order valence-corrected chi connectivity index (χ4v) is 5.39. The Morgan fingerprint density at radius 1 is 1.19 bits per heavy atom. The van der Waals surface area contributed by atoms with Crippen LogP contribution in [0.1, 0.15) is 36.0 Å². The normalized spacial score (nSPS) is 22.1. The summed E-state index contributed by atoms with van der Waals surface area (Å²) in [6.45, 7) is 3.78. The SMILES string of the molecule is Cc1ccc2c(c1)[C@@]1(C(=O)N2)C(C#N)=C(N)N(c2cccc(Cl)c2C)C2=C1C(=O)CCC2. The second-order valence-electron chi connectivity index (χ2n) is 8.44. The standard InChI is InChI=1S/C25H21ClN4O2/c1-13-9-10-18-15(11-13)25(24(32)29-18)16(12-27)23(28)30(19-6-3-5-17(26)14(19)2)20-7-4-8-21(31)22(20)25/h3,5-6,9-11H,4,7-8,28H2,1-2H3,(H,29,32)/t25-/m1/s1. The summed E-state index contributed by atoms with van der Waals surface area (Å²) in [5.74, 6) is -0.403. The first-order chi connectivity index (χ1) is 15.3. The zero-order valence-electron chi connectivity index (χ0n) is 17.8. The first kappa shape index (κ1) is 20.3. The molecular formula is C25H21ClN4O2. The number of aryl methyl sites for hydroxylation is 1. The van der Waals surface area contributed by atoms with Crippen LogP contribution in [0.2, 0.25) is 5.02 Å². The lowest BCUT2D eigenvalue weighted by atomic mass is 9.63. The minimum atomic E-state index is -1.55. The lowest BCUT2D eigenvalue weighted by molar-refractivity contribution is -0.122. The van der Waals surface area contributed by atoms with Gasteiger partial charge < -0.3 is 11.1 Å². The molecule has 0 fully saturated rings. The number of nitrogens with one attached hydrogen (secondary N) is 1. The molecule has 2 aliphatic heterocycles. The van der Waals surface area contributed by atoms with Crippen molar-refractivity contribution in [3.05, 3.63) is 80.8 Å². The molecule has 32 heavy (non-hydrogen) atoms. The van der Waals surface area contributed by atoms with E-state index in [1.165, 1.54) is 0 Å². The van der Waals surface area contributed by atoms with Crippen LogP contribution in [0.3, 0.4) is 0 Å². The molecule has 0 unspecified atom stereocenters. The summed E-state index contributed by atoms with van der Waals surface area (Å²) in [4.78, 5) is 28.8. The quantitative estimate of drug-likeness (QED) is 0.680. The van der Waals surface area contributed by atoms with E-state index in [2.05, 4.69) is 11.4 Å². The van der Waals surface area contributed by atoms with E-state index in [4.69, 9.17) is 17.3 Å². The predicted molar refractivity (Wildman–Crippen MR) is 123 cm³/mol. The van der Waals surface area contributed by atoms with Gasteiger partial charge in [-0.15, -0.1) is 0 Å². The lowest BCUT2D eigenvalue weighted by Gasteiger charge is -2.44. The Hall–Kier alpha value is -3.56. The Morgan fingerprint density at radius 2 is 1.97 bits per heavy atom. The lowest BCUT2D eigenvalue weighted by Crippen LogP contribution is -2.50. The van der Waals surface area contributed by atoms with Crippen LogP contribution in [-0.4, -0.2) is 11.7 Å². The molecule has 6 nitrogen and oxygen atoms in total. The van der Waals surface area contributed by atoms with Gasteiger partial charge >= 0.3 is 0 Å². The molecule has 3 aliphatic rings. The minimum absolute atomic E-state index is 0.0627. The predicted octanol–water partition coefficient (Wildman–Crippen LogP) is 4.37. The van der Waals surface area contributed by atoms with Crippen molar-refractivity contribution in [3.63, 3.8) is 0 Å². The zero-order valence-corrected chi connectivity index (χ0v) is 18.5. The van der Waals surface area contributed by atoms with E-state index in [9.17, 15) is 14.9 Å². The van der Waals surface area contributed by atoms with Gasteiger partial charge in [0, 0.05) is 34.0 Å². The molecule has 1 spiro atoms. The van der Waals surface area contributed by atoms with Crippen molar-refractivity contribution < 1.29 is 9.59 Å². The molecule has 1 aliphatic carbocycles. The third-order valence-electron chi connectivity index (χ3n) is 6.66. The summed E-state index contributed by atoms with van der Waals surface area (Å²) in [5, 5.41) is 13.8. The van der Waals surface area contributed by atoms with E-state index in [1.807, 2.05) is 38.1 Å². The first-order valence-corrected chi connectivity index (χ1v) is 10.8. The van der Waals surface area contributed by atoms with Gasteiger partial charge in [0.15, 0.2) is 5.78 Å². The maximum absolute atomic E-state index is 13.6. The van der Waals surface area contributed by atoms with E-state index in [0.29, 0.717) is 52.5 Å². The smallest absolute Gasteiger partial charge is 0.245 e. The molecule has 0 saturated heterocycles. The highest BCUT2D eigenvalue weighted by Crippen LogP contribution is 2.55. The molecule has 0 aromatic heterocycles. The molecule has 1 amide bonds. The van der Waals surface area contributed by atoms with Crippen LogP contribution in [0.15, 0.2) is 59.1 Å². The fourth-order valence-electron chi connectivity index (χ4n) is 5.22. The summed E-state index contributed by atoms with van der Waals surface area (Å²) in [7, 11) is 0. The topological polar surface area (TPSA) is 99.2 Å². The van der Waals surface area contributed by atoms with Crippen molar-refractivity contribution in [2.75, 3.05) is 10.2 Å². The van der Waals surface area contributed by atoms with Crippen LogP contribution >= 0.6 is 11.6 Å². The van der Waals surface area contributed by atoms with Crippen LogP contribution in [0.25, 0.3) is 0 Å². The van der Waals surface area contributed by atoms with Crippen LogP contribution in [-0.2, 0) is 15.0 Å². The number of ketones is 1. The highest BCUT2D eigenvalue weighted by molar-refractivity contribution is 6.31. The Balaban J connectivity index is 1.91. The van der Waals surface area contributed by atoms with E-state index in [1.54, 1.807) is 17.0 Å². The third-order valence-corrected chi connectivity index (χ3v) is 7.07. The second kappa shape index (κ2) is 6.98. The van der Waals surface area contributed by atoms with E-state index in [-0.39, 0.29) is 17.2 Å². The number of nitrogens with two attached hydrogens (primary N) is 1. The number of allylic oxidation sites excluding steroid dienone is 1. The van der Waals surface area contributed by atoms with Crippen molar-refractivity contribution >= 4 is 34.7 Å². The summed E-state index contributed by atoms with van der Waals surface area (Å²) < 4.78 is 0. The van der Waals surface area contributed by atoms with Crippen molar-refractivity contribution in [1.82, 2.24) is 0 Å². The molecular weight excluding hydrogens is 424 g/mol. The van der Waals surface area contributed by atoms with Crippen LogP contribution in [0, 0.1) is 25.2 Å². The van der Waals surface area contributed by atoms with Gasteiger partial charge in [0.05, 0.1) is 11.3 Å². The molecule has 2 aromatic rings. The maximum Gasteiger partial charge on any atom is 0.245 e. The van der Waals surface area contributed by atoms with Crippen molar-refractivity contribution in [2.24, 2.45) is 5.73 Å². The third kappa shape index (κ3) is 2.46. The first-order valence-electron chi connectivity index (χ1n) is 10.5. The fraction of sp³-hybridized carbons (Fsp3) is 0.240. The molecule has 7 heteroatoms. The van der Waals surface area contributed by atoms with E-state index < -0.39 is 11.3 Å². The van der Waals surface area contributed by atoms with Gasteiger partial charge in [-0.25, -0.2) is 0 Å². The average molecular weight is 445 g/mol. The number of carbonyl (C=O) groups excluding carboxylic acids is 2. The average Bonchev–Trinajstić information content (AvgIpc) is 3.03. The number of amides is 1. The Bertz CT molecular complexity index is 1330. The molecule has 0 saturated carbocycles. The van der Waals surface area contributed by atoms with Crippen molar-refractivity contribution in [3.8, 4) is 6.07 Å². The Labute approximate surface area is 191 Å². The molecule has 3 N–H and O–H groups in total.